The molecule has 1 aliphatic heterocycles. The van der Waals surface area contributed by atoms with Gasteiger partial charge in [-0.1, -0.05) is 13.0 Å². The maximum atomic E-state index is 14.7. The zero-order valence-electron chi connectivity index (χ0n) is 21.8. The number of anilines is 1. The lowest BCUT2D eigenvalue weighted by molar-refractivity contribution is -0.272. The van der Waals surface area contributed by atoms with Crippen molar-refractivity contribution < 1.29 is 45.3 Å². The molecule has 12 heteroatoms. The Morgan fingerprint density at radius 3 is 2.45 bits per heavy atom. The number of nitrogens with zero attached hydrogens (tertiary/aromatic N) is 1. The second-order valence-corrected chi connectivity index (χ2v) is 10.3. The van der Waals surface area contributed by atoms with Crippen molar-refractivity contribution >= 4 is 11.6 Å². The van der Waals surface area contributed by atoms with Crippen LogP contribution in [0, 0.1) is 17.6 Å². The number of carbonyl (C=O) groups is 1. The highest BCUT2D eigenvalue weighted by atomic mass is 19.4. The molecule has 0 radical (unpaired) electrons. The number of nitrogens with one attached hydrogen (secondary N) is 1. The number of ether oxygens (including phenoxy) is 3. The van der Waals surface area contributed by atoms with Crippen LogP contribution in [0.15, 0.2) is 30.5 Å². The Kier molecular flexibility index (Phi) is 8.38. The number of halogens is 6. The molecular weight excluding hydrogens is 518 g/mol. The van der Waals surface area contributed by atoms with Crippen LogP contribution in [0.2, 0.25) is 0 Å². The van der Waals surface area contributed by atoms with E-state index in [2.05, 4.69) is 10.3 Å². The molecule has 38 heavy (non-hydrogen) atoms. The maximum Gasteiger partial charge on any atom is 0.417 e. The molecule has 0 aliphatic carbocycles. The fourth-order valence-corrected chi connectivity index (χ4v) is 4.36. The lowest BCUT2D eigenvalue weighted by atomic mass is 9.77. The predicted octanol–water partition coefficient (Wildman–Crippen LogP) is 6.27. The van der Waals surface area contributed by atoms with Gasteiger partial charge in [0.15, 0.2) is 23.3 Å². The van der Waals surface area contributed by atoms with Gasteiger partial charge in [-0.2, -0.15) is 17.6 Å². The molecule has 0 bridgehead atoms. The lowest BCUT2D eigenvalue weighted by Gasteiger charge is -2.32. The van der Waals surface area contributed by atoms with Crippen molar-refractivity contribution in [2.45, 2.75) is 70.2 Å². The van der Waals surface area contributed by atoms with Gasteiger partial charge < -0.3 is 19.5 Å². The van der Waals surface area contributed by atoms with E-state index in [0.717, 1.165) is 26.2 Å². The molecule has 1 amide bonds. The van der Waals surface area contributed by atoms with E-state index in [1.54, 1.807) is 20.8 Å². The van der Waals surface area contributed by atoms with Gasteiger partial charge in [-0.15, -0.1) is 0 Å². The molecule has 1 saturated heterocycles. The fraction of sp³-hybridized carbons (Fsp3) is 0.538. The second kappa shape index (κ2) is 10.7. The minimum absolute atomic E-state index is 0.0475. The highest BCUT2D eigenvalue weighted by Crippen LogP contribution is 2.55. The Balaban J connectivity index is 1.96. The Morgan fingerprint density at radius 1 is 1.21 bits per heavy atom. The predicted molar refractivity (Wildman–Crippen MR) is 127 cm³/mol. The van der Waals surface area contributed by atoms with Crippen LogP contribution in [0.3, 0.4) is 0 Å². The third kappa shape index (κ3) is 5.90. The van der Waals surface area contributed by atoms with Crippen LogP contribution in [0.5, 0.6) is 5.75 Å². The molecule has 5 atom stereocenters. The number of hydrogen-bond donors (Lipinski definition) is 1. The standard InChI is InChI=1S/C26H30F6N2O4/c1-13-19(15-7-8-16(27)20(29)21(15)36-6)22(38-25(13,5)26(30,31)32)23(35)34-14-9-10-33-18(11-14)17(28)12-37-24(2,3)4/h7-11,13,17,19,22H,12H2,1-6H3,(H,33,34,35). The van der Waals surface area contributed by atoms with Crippen LogP contribution in [0.25, 0.3) is 0 Å². The molecule has 3 rings (SSSR count). The topological polar surface area (TPSA) is 69.7 Å². The first-order valence-electron chi connectivity index (χ1n) is 11.8. The molecule has 6 nitrogen and oxygen atoms in total. The summed E-state index contributed by atoms with van der Waals surface area (Å²) < 4.78 is 101. The van der Waals surface area contributed by atoms with E-state index in [-0.39, 0.29) is 23.6 Å². The number of pyridine rings is 1. The molecule has 1 aromatic carbocycles. The summed E-state index contributed by atoms with van der Waals surface area (Å²) >= 11 is 0. The van der Waals surface area contributed by atoms with Gasteiger partial charge in [0, 0.05) is 29.3 Å². The molecule has 1 aliphatic rings. The van der Waals surface area contributed by atoms with Gasteiger partial charge in [-0.25, -0.2) is 8.78 Å². The molecule has 2 heterocycles. The summed E-state index contributed by atoms with van der Waals surface area (Å²) in [6, 6.07) is 4.36. The molecule has 1 fully saturated rings. The van der Waals surface area contributed by atoms with Gasteiger partial charge in [-0.3, -0.25) is 9.78 Å². The monoisotopic (exact) mass is 548 g/mol. The SMILES string of the molecule is COc1c(C2C(C(=O)Nc3ccnc(C(F)COC(C)(C)C)c3)OC(C)(C(F)(F)F)C2C)ccc(F)c1F. The number of benzene rings is 1. The normalized spacial score (nSPS) is 24.8. The van der Waals surface area contributed by atoms with Crippen molar-refractivity contribution in [3.8, 4) is 5.75 Å². The quantitative estimate of drug-likeness (QED) is 0.413. The van der Waals surface area contributed by atoms with Crippen molar-refractivity contribution in [1.29, 1.82) is 0 Å². The van der Waals surface area contributed by atoms with E-state index in [4.69, 9.17) is 14.2 Å². The van der Waals surface area contributed by atoms with Crippen molar-refractivity contribution in [2.75, 3.05) is 19.0 Å². The van der Waals surface area contributed by atoms with E-state index in [9.17, 15) is 31.1 Å². The largest absolute Gasteiger partial charge is 0.493 e. The van der Waals surface area contributed by atoms with Gasteiger partial charge in [0.2, 0.25) is 5.82 Å². The first kappa shape index (κ1) is 29.7. The number of amides is 1. The van der Waals surface area contributed by atoms with Crippen LogP contribution in [-0.2, 0) is 14.3 Å². The molecule has 0 spiro atoms. The van der Waals surface area contributed by atoms with Crippen LogP contribution in [-0.4, -0.2) is 48.1 Å². The van der Waals surface area contributed by atoms with E-state index < -0.39 is 64.8 Å². The van der Waals surface area contributed by atoms with Crippen molar-refractivity contribution in [3.63, 3.8) is 0 Å². The van der Waals surface area contributed by atoms with E-state index in [0.29, 0.717) is 0 Å². The molecule has 1 N–H and O–H groups in total. The smallest absolute Gasteiger partial charge is 0.417 e. The van der Waals surface area contributed by atoms with Gasteiger partial charge in [0.1, 0.15) is 6.10 Å². The van der Waals surface area contributed by atoms with Gasteiger partial charge >= 0.3 is 6.18 Å². The minimum Gasteiger partial charge on any atom is -0.493 e. The van der Waals surface area contributed by atoms with E-state index >= 15 is 0 Å². The third-order valence-corrected chi connectivity index (χ3v) is 6.60. The number of alkyl halides is 4. The van der Waals surface area contributed by atoms with Crippen LogP contribution >= 0.6 is 0 Å². The summed E-state index contributed by atoms with van der Waals surface area (Å²) in [5.41, 5.74) is -3.58. The number of methoxy groups -OCH3 is 1. The lowest BCUT2D eigenvalue weighted by Crippen LogP contribution is -2.47. The Morgan fingerprint density at radius 2 is 1.87 bits per heavy atom. The second-order valence-electron chi connectivity index (χ2n) is 10.3. The number of hydrogen-bond acceptors (Lipinski definition) is 5. The van der Waals surface area contributed by atoms with Crippen LogP contribution < -0.4 is 10.1 Å². The molecular formula is C26H30F6N2O4. The molecule has 1 aromatic heterocycles. The first-order chi connectivity index (χ1) is 17.5. The summed E-state index contributed by atoms with van der Waals surface area (Å²) in [7, 11) is 1.04. The zero-order valence-corrected chi connectivity index (χ0v) is 21.8. The molecule has 0 saturated carbocycles. The molecule has 5 unspecified atom stereocenters. The highest BCUT2D eigenvalue weighted by Gasteiger charge is 2.65. The van der Waals surface area contributed by atoms with Gasteiger partial charge in [0.05, 0.1) is 25.0 Å². The number of rotatable bonds is 7. The number of aromatic nitrogens is 1. The Bertz CT molecular complexity index is 1170. The Hall–Kier alpha value is -2.86. The fourth-order valence-electron chi connectivity index (χ4n) is 4.36. The van der Waals surface area contributed by atoms with Gasteiger partial charge in [-0.05, 0) is 45.9 Å². The van der Waals surface area contributed by atoms with Crippen molar-refractivity contribution in [1.82, 2.24) is 4.98 Å². The third-order valence-electron chi connectivity index (χ3n) is 6.60. The summed E-state index contributed by atoms with van der Waals surface area (Å²) in [4.78, 5) is 17.2. The van der Waals surface area contributed by atoms with Crippen molar-refractivity contribution in [3.05, 3.63) is 53.4 Å². The van der Waals surface area contributed by atoms with Crippen LogP contribution in [0.4, 0.5) is 32.0 Å². The first-order valence-corrected chi connectivity index (χ1v) is 11.8. The Labute approximate surface area is 216 Å². The minimum atomic E-state index is -4.90. The van der Waals surface area contributed by atoms with E-state index in [1.165, 1.54) is 25.3 Å². The van der Waals surface area contributed by atoms with E-state index in [1.807, 2.05) is 0 Å². The van der Waals surface area contributed by atoms with Crippen molar-refractivity contribution in [2.24, 2.45) is 5.92 Å². The number of carbonyl (C=O) groups excluding carboxylic acids is 1. The molecule has 2 aromatic rings. The summed E-state index contributed by atoms with van der Waals surface area (Å²) in [6.45, 7) is 6.94. The zero-order chi connectivity index (χ0) is 28.6. The average molecular weight is 549 g/mol. The summed E-state index contributed by atoms with van der Waals surface area (Å²) in [5, 5.41) is 2.44. The summed E-state index contributed by atoms with van der Waals surface area (Å²) in [5.74, 6) is -7.07. The average Bonchev–Trinajstić information content (AvgIpc) is 3.10. The van der Waals surface area contributed by atoms with Crippen LogP contribution in [0.1, 0.15) is 58.0 Å². The highest BCUT2D eigenvalue weighted by molar-refractivity contribution is 5.95. The summed E-state index contributed by atoms with van der Waals surface area (Å²) in [6.07, 6.45) is -7.09. The molecule has 210 valence electrons. The van der Waals surface area contributed by atoms with Gasteiger partial charge in [0.25, 0.3) is 5.91 Å². The maximum absolute atomic E-state index is 14.7.